The average Bonchev–Trinajstić information content (AvgIpc) is 2.01. The summed E-state index contributed by atoms with van der Waals surface area (Å²) in [5, 5.41) is 0. The molecule has 14 heavy (non-hydrogen) atoms. The van der Waals surface area contributed by atoms with Gasteiger partial charge in [0, 0.05) is 11.1 Å². The van der Waals surface area contributed by atoms with Crippen molar-refractivity contribution < 1.29 is 9.18 Å². The third-order valence-electron chi connectivity index (χ3n) is 1.88. The van der Waals surface area contributed by atoms with Gasteiger partial charge in [0.2, 0.25) is 5.95 Å². The zero-order chi connectivity index (χ0) is 10.9. The lowest BCUT2D eigenvalue weighted by molar-refractivity contribution is 0.0995. The number of aromatic nitrogens is 1. The lowest BCUT2D eigenvalue weighted by atomic mass is 9.91. The van der Waals surface area contributed by atoms with Gasteiger partial charge in [-0.05, 0) is 12.1 Å². The second-order valence-electron chi connectivity index (χ2n) is 4.15. The van der Waals surface area contributed by atoms with E-state index < -0.39 is 11.9 Å². The number of halogens is 1. The summed E-state index contributed by atoms with van der Waals surface area (Å²) in [7, 11) is 0. The average molecular weight is 196 g/mol. The highest BCUT2D eigenvalue weighted by atomic mass is 19.1. The Kier molecular flexibility index (Phi) is 2.55. The molecule has 1 aromatic heterocycles. The molecule has 3 nitrogen and oxygen atoms in total. The van der Waals surface area contributed by atoms with Crippen LogP contribution in [0.2, 0.25) is 0 Å². The normalized spacial score (nSPS) is 11.4. The van der Waals surface area contributed by atoms with E-state index in [0.717, 1.165) is 0 Å². The van der Waals surface area contributed by atoms with Crippen molar-refractivity contribution >= 4 is 5.91 Å². The zero-order valence-electron chi connectivity index (χ0n) is 8.47. The summed E-state index contributed by atoms with van der Waals surface area (Å²) in [6.45, 7) is 5.75. The summed E-state index contributed by atoms with van der Waals surface area (Å²) in [4.78, 5) is 14.4. The second kappa shape index (κ2) is 3.36. The van der Waals surface area contributed by atoms with Crippen LogP contribution in [0.15, 0.2) is 12.1 Å². The molecule has 0 fully saturated rings. The zero-order valence-corrected chi connectivity index (χ0v) is 8.47. The first kappa shape index (κ1) is 10.6. The van der Waals surface area contributed by atoms with Gasteiger partial charge in [0.15, 0.2) is 0 Å². The van der Waals surface area contributed by atoms with Crippen molar-refractivity contribution in [3.8, 4) is 0 Å². The molecule has 1 amide bonds. The van der Waals surface area contributed by atoms with E-state index in [-0.39, 0.29) is 11.0 Å². The minimum Gasteiger partial charge on any atom is -0.365 e. The molecule has 0 spiro atoms. The largest absolute Gasteiger partial charge is 0.365 e. The van der Waals surface area contributed by atoms with Crippen molar-refractivity contribution in [1.29, 1.82) is 0 Å². The Hall–Kier alpha value is -1.45. The summed E-state index contributed by atoms with van der Waals surface area (Å²) in [6.07, 6.45) is 0. The number of amides is 1. The SMILES string of the molecule is CC(C)(C)c1ccc(C(N)=O)c(F)n1. The van der Waals surface area contributed by atoms with Crippen LogP contribution in [0.5, 0.6) is 0 Å². The molecule has 0 saturated heterocycles. The molecular formula is C10H13FN2O. The van der Waals surface area contributed by atoms with Gasteiger partial charge in [-0.3, -0.25) is 4.79 Å². The first-order valence-electron chi connectivity index (χ1n) is 4.29. The molecule has 0 radical (unpaired) electrons. The van der Waals surface area contributed by atoms with E-state index in [9.17, 15) is 9.18 Å². The Morgan fingerprint density at radius 2 is 2.00 bits per heavy atom. The molecule has 4 heteroatoms. The van der Waals surface area contributed by atoms with Gasteiger partial charge in [0.05, 0.1) is 5.56 Å². The Bertz CT molecular complexity index is 369. The Labute approximate surface area is 82.1 Å². The van der Waals surface area contributed by atoms with Crippen LogP contribution in [-0.2, 0) is 5.41 Å². The van der Waals surface area contributed by atoms with Crippen LogP contribution < -0.4 is 5.73 Å². The van der Waals surface area contributed by atoms with E-state index in [4.69, 9.17) is 5.73 Å². The minimum absolute atomic E-state index is 0.169. The highest BCUT2D eigenvalue weighted by Gasteiger charge is 2.18. The van der Waals surface area contributed by atoms with Gasteiger partial charge in [-0.15, -0.1) is 0 Å². The standard InChI is InChI=1S/C10H13FN2O/c1-10(2,3)7-5-4-6(9(12)14)8(11)13-7/h4-5H,1-3H3,(H2,12,14). The van der Waals surface area contributed by atoms with E-state index >= 15 is 0 Å². The van der Waals surface area contributed by atoms with Crippen LogP contribution in [-0.4, -0.2) is 10.9 Å². The summed E-state index contributed by atoms with van der Waals surface area (Å²) in [5.41, 5.74) is 5.14. The first-order chi connectivity index (χ1) is 6.32. The van der Waals surface area contributed by atoms with Crippen molar-refractivity contribution in [2.75, 3.05) is 0 Å². The third-order valence-corrected chi connectivity index (χ3v) is 1.88. The van der Waals surface area contributed by atoms with Gasteiger partial charge >= 0.3 is 0 Å². The topological polar surface area (TPSA) is 56.0 Å². The number of pyridine rings is 1. The molecule has 0 saturated carbocycles. The maximum Gasteiger partial charge on any atom is 0.253 e. The molecule has 0 aliphatic rings. The smallest absolute Gasteiger partial charge is 0.253 e. The molecule has 0 aromatic carbocycles. The van der Waals surface area contributed by atoms with Crippen LogP contribution in [0, 0.1) is 5.95 Å². The Morgan fingerprint density at radius 1 is 1.43 bits per heavy atom. The quantitative estimate of drug-likeness (QED) is 0.694. The summed E-state index contributed by atoms with van der Waals surface area (Å²) >= 11 is 0. The predicted molar refractivity (Wildman–Crippen MR) is 51.4 cm³/mol. The third kappa shape index (κ3) is 2.07. The van der Waals surface area contributed by atoms with Crippen molar-refractivity contribution in [3.05, 3.63) is 29.3 Å². The number of hydrogen-bond acceptors (Lipinski definition) is 2. The van der Waals surface area contributed by atoms with Gasteiger partial charge in [0.25, 0.3) is 5.91 Å². The van der Waals surface area contributed by atoms with Crippen molar-refractivity contribution in [3.63, 3.8) is 0 Å². The fourth-order valence-electron chi connectivity index (χ4n) is 1.04. The van der Waals surface area contributed by atoms with Crippen molar-refractivity contribution in [2.24, 2.45) is 5.73 Å². The molecule has 1 rings (SSSR count). The Balaban J connectivity index is 3.20. The van der Waals surface area contributed by atoms with E-state index in [2.05, 4.69) is 4.98 Å². The molecule has 0 aliphatic carbocycles. The minimum atomic E-state index is -0.801. The lowest BCUT2D eigenvalue weighted by Gasteiger charge is -2.17. The number of carbonyl (C=O) groups excluding carboxylic acids is 1. The van der Waals surface area contributed by atoms with E-state index in [1.807, 2.05) is 20.8 Å². The van der Waals surface area contributed by atoms with Gasteiger partial charge in [-0.25, -0.2) is 4.98 Å². The lowest BCUT2D eigenvalue weighted by Crippen LogP contribution is -2.18. The highest BCUT2D eigenvalue weighted by Crippen LogP contribution is 2.20. The van der Waals surface area contributed by atoms with Crippen LogP contribution in [0.4, 0.5) is 4.39 Å². The summed E-state index contributed by atoms with van der Waals surface area (Å²) in [5.74, 6) is -1.60. The molecule has 0 atom stereocenters. The molecule has 0 unspecified atom stereocenters. The number of nitrogens with zero attached hydrogens (tertiary/aromatic N) is 1. The fraction of sp³-hybridized carbons (Fsp3) is 0.400. The number of nitrogens with two attached hydrogens (primary N) is 1. The van der Waals surface area contributed by atoms with Crippen LogP contribution in [0.3, 0.4) is 0 Å². The molecule has 0 bridgehead atoms. The van der Waals surface area contributed by atoms with Gasteiger partial charge in [-0.1, -0.05) is 20.8 Å². The molecule has 76 valence electrons. The molecule has 1 aromatic rings. The maximum absolute atomic E-state index is 13.2. The van der Waals surface area contributed by atoms with Crippen LogP contribution in [0.1, 0.15) is 36.8 Å². The molecular weight excluding hydrogens is 183 g/mol. The van der Waals surface area contributed by atoms with Gasteiger partial charge in [-0.2, -0.15) is 4.39 Å². The number of primary amides is 1. The number of carbonyl (C=O) groups is 1. The monoisotopic (exact) mass is 196 g/mol. The van der Waals surface area contributed by atoms with Crippen molar-refractivity contribution in [1.82, 2.24) is 4.98 Å². The molecule has 1 heterocycles. The Morgan fingerprint density at radius 3 is 2.36 bits per heavy atom. The maximum atomic E-state index is 13.2. The number of hydrogen-bond donors (Lipinski definition) is 1. The van der Waals surface area contributed by atoms with E-state index in [0.29, 0.717) is 5.69 Å². The summed E-state index contributed by atoms with van der Waals surface area (Å²) < 4.78 is 13.2. The van der Waals surface area contributed by atoms with E-state index in [1.165, 1.54) is 6.07 Å². The van der Waals surface area contributed by atoms with Crippen molar-refractivity contribution in [2.45, 2.75) is 26.2 Å². The van der Waals surface area contributed by atoms with Crippen LogP contribution >= 0.6 is 0 Å². The van der Waals surface area contributed by atoms with Gasteiger partial charge in [0.1, 0.15) is 0 Å². The first-order valence-corrected chi connectivity index (χ1v) is 4.29. The summed E-state index contributed by atoms with van der Waals surface area (Å²) in [6, 6.07) is 2.98. The molecule has 2 N–H and O–H groups in total. The van der Waals surface area contributed by atoms with Gasteiger partial charge < -0.3 is 5.73 Å². The number of rotatable bonds is 1. The fourth-order valence-corrected chi connectivity index (χ4v) is 1.04. The van der Waals surface area contributed by atoms with E-state index in [1.54, 1.807) is 6.07 Å². The highest BCUT2D eigenvalue weighted by molar-refractivity contribution is 5.92. The second-order valence-corrected chi connectivity index (χ2v) is 4.15. The predicted octanol–water partition coefficient (Wildman–Crippen LogP) is 1.62. The van der Waals surface area contributed by atoms with Crippen LogP contribution in [0.25, 0.3) is 0 Å². The molecule has 0 aliphatic heterocycles.